The van der Waals surface area contributed by atoms with Crippen LogP contribution in [0, 0.1) is 5.92 Å². The van der Waals surface area contributed by atoms with E-state index in [0.717, 1.165) is 41.9 Å². The summed E-state index contributed by atoms with van der Waals surface area (Å²) in [5, 5.41) is 2.96. The minimum atomic E-state index is -0.271. The lowest BCUT2D eigenvalue weighted by Gasteiger charge is -2.32. The number of thiophene rings is 1. The van der Waals surface area contributed by atoms with Gasteiger partial charge in [-0.25, -0.2) is 4.98 Å². The van der Waals surface area contributed by atoms with E-state index in [2.05, 4.69) is 6.92 Å². The van der Waals surface area contributed by atoms with Crippen molar-refractivity contribution in [1.29, 1.82) is 0 Å². The molecule has 0 bridgehead atoms. The van der Waals surface area contributed by atoms with Gasteiger partial charge in [-0.3, -0.25) is 14.2 Å². The van der Waals surface area contributed by atoms with E-state index in [4.69, 9.17) is 4.98 Å². The first-order chi connectivity index (χ1) is 14.0. The van der Waals surface area contributed by atoms with Crippen LogP contribution in [-0.2, 0) is 11.8 Å². The molecule has 0 aliphatic carbocycles. The van der Waals surface area contributed by atoms with E-state index in [-0.39, 0.29) is 16.7 Å². The highest BCUT2D eigenvalue weighted by atomic mass is 32.2. The Morgan fingerprint density at radius 3 is 2.62 bits per heavy atom. The topological polar surface area (TPSA) is 55.2 Å². The summed E-state index contributed by atoms with van der Waals surface area (Å²) in [6.07, 6.45) is 2.12. The van der Waals surface area contributed by atoms with Crippen LogP contribution in [0.4, 0.5) is 0 Å². The first kappa shape index (κ1) is 20.2. The number of hydrogen-bond donors (Lipinski definition) is 0. The van der Waals surface area contributed by atoms with Gasteiger partial charge in [-0.2, -0.15) is 0 Å². The number of carbonyl (C=O) groups is 1. The minimum absolute atomic E-state index is 0.0657. The lowest BCUT2D eigenvalue weighted by molar-refractivity contribution is -0.131. The lowest BCUT2D eigenvalue weighted by Crippen LogP contribution is -2.41. The van der Waals surface area contributed by atoms with E-state index in [1.54, 1.807) is 11.6 Å². The molecule has 0 spiro atoms. The fourth-order valence-corrected chi connectivity index (χ4v) is 5.63. The van der Waals surface area contributed by atoms with Crippen LogP contribution in [0.3, 0.4) is 0 Å². The second-order valence-corrected chi connectivity index (χ2v) is 9.89. The molecule has 3 heterocycles. The number of aromatic nitrogens is 2. The number of amides is 1. The lowest BCUT2D eigenvalue weighted by atomic mass is 9.99. The third-order valence-corrected chi connectivity index (χ3v) is 7.59. The molecule has 2 aromatic heterocycles. The molecule has 7 heteroatoms. The molecule has 152 valence electrons. The summed E-state index contributed by atoms with van der Waals surface area (Å²) in [6.45, 7) is 5.79. The molecule has 1 unspecified atom stereocenters. The van der Waals surface area contributed by atoms with Crippen molar-refractivity contribution in [2.75, 3.05) is 13.1 Å². The number of rotatable bonds is 4. The normalized spacial score (nSPS) is 16.3. The number of carbonyl (C=O) groups excluding carboxylic acids is 1. The molecule has 5 nitrogen and oxygen atoms in total. The predicted molar refractivity (Wildman–Crippen MR) is 121 cm³/mol. The monoisotopic (exact) mass is 427 g/mol. The molecule has 3 aromatic rings. The Hall–Kier alpha value is -2.12. The van der Waals surface area contributed by atoms with E-state index in [1.807, 2.05) is 47.5 Å². The fourth-order valence-electron chi connectivity index (χ4n) is 3.68. The fraction of sp³-hybridized carbons (Fsp3) is 0.409. The van der Waals surface area contributed by atoms with Crippen molar-refractivity contribution in [2.45, 2.75) is 37.1 Å². The number of benzene rings is 1. The van der Waals surface area contributed by atoms with Crippen molar-refractivity contribution >= 4 is 39.2 Å². The zero-order valence-electron chi connectivity index (χ0n) is 16.9. The molecule has 1 aromatic carbocycles. The Labute approximate surface area is 178 Å². The zero-order chi connectivity index (χ0) is 20.5. The number of hydrogen-bond acceptors (Lipinski definition) is 5. The summed E-state index contributed by atoms with van der Waals surface area (Å²) >= 11 is 2.85. The van der Waals surface area contributed by atoms with Gasteiger partial charge in [0.15, 0.2) is 5.16 Å². The number of fused-ring (bicyclic) bond motifs is 1. The van der Waals surface area contributed by atoms with Gasteiger partial charge in [0.05, 0.1) is 10.6 Å². The first-order valence-electron chi connectivity index (χ1n) is 9.94. The maximum absolute atomic E-state index is 13.1. The molecule has 0 radical (unpaired) electrons. The average Bonchev–Trinajstić information content (AvgIpc) is 3.16. The molecule has 0 N–H and O–H groups in total. The highest BCUT2D eigenvalue weighted by Gasteiger charge is 2.26. The van der Waals surface area contributed by atoms with Crippen LogP contribution in [0.5, 0.6) is 0 Å². The molecule has 1 atom stereocenters. The Balaban J connectivity index is 1.61. The summed E-state index contributed by atoms with van der Waals surface area (Å²) in [6, 6.07) is 9.91. The van der Waals surface area contributed by atoms with Crippen LogP contribution in [0.15, 0.2) is 45.7 Å². The van der Waals surface area contributed by atoms with E-state index < -0.39 is 0 Å². The van der Waals surface area contributed by atoms with Crippen molar-refractivity contribution in [3.8, 4) is 11.1 Å². The van der Waals surface area contributed by atoms with E-state index in [1.165, 1.54) is 23.1 Å². The van der Waals surface area contributed by atoms with E-state index in [0.29, 0.717) is 16.5 Å². The smallest absolute Gasteiger partial charge is 0.263 e. The molecular weight excluding hydrogens is 402 g/mol. The summed E-state index contributed by atoms with van der Waals surface area (Å²) in [7, 11) is 1.74. The van der Waals surface area contributed by atoms with Crippen LogP contribution in [-0.4, -0.2) is 38.7 Å². The summed E-state index contributed by atoms with van der Waals surface area (Å²) in [5.41, 5.74) is 1.87. The first-order valence-corrected chi connectivity index (χ1v) is 11.7. The van der Waals surface area contributed by atoms with Crippen molar-refractivity contribution in [1.82, 2.24) is 14.5 Å². The molecule has 0 saturated carbocycles. The quantitative estimate of drug-likeness (QED) is 0.457. The summed E-state index contributed by atoms with van der Waals surface area (Å²) in [5.74, 6) is 0.817. The maximum Gasteiger partial charge on any atom is 0.263 e. The van der Waals surface area contributed by atoms with Crippen LogP contribution in [0.2, 0.25) is 0 Å². The Morgan fingerprint density at radius 2 is 1.93 bits per heavy atom. The van der Waals surface area contributed by atoms with Gasteiger partial charge in [-0.05, 0) is 31.2 Å². The van der Waals surface area contributed by atoms with Crippen LogP contribution in [0.25, 0.3) is 21.3 Å². The average molecular weight is 428 g/mol. The highest BCUT2D eigenvalue weighted by molar-refractivity contribution is 8.00. The highest BCUT2D eigenvalue weighted by Crippen LogP contribution is 2.33. The number of likely N-dealkylation sites (tertiary alicyclic amines) is 1. The molecule has 1 fully saturated rings. The zero-order valence-corrected chi connectivity index (χ0v) is 18.6. The molecular formula is C22H25N3O2S2. The SMILES string of the molecule is CC1CCN(C(=O)C(C)Sc2nc3scc(-c4ccccc4)c3c(=O)n2C)CC1. The number of piperidine rings is 1. The maximum atomic E-state index is 13.1. The van der Waals surface area contributed by atoms with Gasteiger partial charge in [0, 0.05) is 31.1 Å². The number of thioether (sulfide) groups is 1. The van der Waals surface area contributed by atoms with Gasteiger partial charge in [0.25, 0.3) is 5.56 Å². The minimum Gasteiger partial charge on any atom is -0.342 e. The number of nitrogens with zero attached hydrogens (tertiary/aromatic N) is 3. The van der Waals surface area contributed by atoms with Gasteiger partial charge < -0.3 is 4.90 Å². The molecule has 1 aliphatic rings. The van der Waals surface area contributed by atoms with Gasteiger partial charge in [-0.1, -0.05) is 49.0 Å². The van der Waals surface area contributed by atoms with Gasteiger partial charge in [0.2, 0.25) is 5.91 Å². The van der Waals surface area contributed by atoms with E-state index >= 15 is 0 Å². The summed E-state index contributed by atoms with van der Waals surface area (Å²) in [4.78, 5) is 33.4. The molecule has 1 amide bonds. The molecule has 4 rings (SSSR count). The molecule has 1 aliphatic heterocycles. The van der Waals surface area contributed by atoms with Gasteiger partial charge >= 0.3 is 0 Å². The summed E-state index contributed by atoms with van der Waals surface area (Å²) < 4.78 is 1.58. The van der Waals surface area contributed by atoms with Crippen molar-refractivity contribution in [2.24, 2.45) is 13.0 Å². The Kier molecular flexibility index (Phi) is 5.79. The third kappa shape index (κ3) is 3.98. The van der Waals surface area contributed by atoms with Gasteiger partial charge in [0.1, 0.15) is 4.83 Å². The van der Waals surface area contributed by atoms with Gasteiger partial charge in [-0.15, -0.1) is 11.3 Å². The van der Waals surface area contributed by atoms with Crippen LogP contribution < -0.4 is 5.56 Å². The molecule has 29 heavy (non-hydrogen) atoms. The van der Waals surface area contributed by atoms with Crippen molar-refractivity contribution < 1.29 is 4.79 Å². The predicted octanol–water partition coefficient (Wildman–Crippen LogP) is 4.40. The third-order valence-electron chi connectivity index (χ3n) is 5.58. The second kappa shape index (κ2) is 8.32. The van der Waals surface area contributed by atoms with Crippen LogP contribution in [0.1, 0.15) is 26.7 Å². The Morgan fingerprint density at radius 1 is 1.24 bits per heavy atom. The van der Waals surface area contributed by atoms with Crippen LogP contribution >= 0.6 is 23.1 Å². The second-order valence-electron chi connectivity index (χ2n) is 7.72. The molecule has 1 saturated heterocycles. The van der Waals surface area contributed by atoms with Crippen molar-refractivity contribution in [3.63, 3.8) is 0 Å². The van der Waals surface area contributed by atoms with Crippen molar-refractivity contribution in [3.05, 3.63) is 46.1 Å². The Bertz CT molecular complexity index is 1080. The van der Waals surface area contributed by atoms with E-state index in [9.17, 15) is 9.59 Å². The largest absolute Gasteiger partial charge is 0.342 e. The standard InChI is InChI=1S/C22H25N3O2S2/c1-14-9-11-25(12-10-14)20(26)15(2)29-22-23-19-18(21(27)24(22)3)17(13-28-19)16-7-5-4-6-8-16/h4-8,13-15H,9-12H2,1-3H3.